The monoisotopic (exact) mass is 445 g/mol. The van der Waals surface area contributed by atoms with Gasteiger partial charge >= 0.3 is 5.97 Å². The molecule has 0 saturated heterocycles. The van der Waals surface area contributed by atoms with Crippen LogP contribution in [-0.4, -0.2) is 44.4 Å². The Morgan fingerprint density at radius 1 is 1.23 bits per heavy atom. The van der Waals surface area contributed by atoms with Gasteiger partial charge in [-0.1, -0.05) is 36.9 Å². The molecule has 0 aliphatic rings. The first kappa shape index (κ1) is 22.0. The number of esters is 1. The van der Waals surface area contributed by atoms with E-state index in [2.05, 4.69) is 20.8 Å². The van der Waals surface area contributed by atoms with Gasteiger partial charge in [-0.2, -0.15) is 4.68 Å². The highest BCUT2D eigenvalue weighted by Gasteiger charge is 2.23. The topological polar surface area (TPSA) is 99.0 Å². The standard InChI is InChI=1S/C20H23N5O3S2/c1-5-14-13(4)30-18(17(14)19(27)28-6-2)21-16(26)11-29-20-22-23-24-25(20)15-10-8-7-9-12(15)3/h7-10H,5-6,11H2,1-4H3,(H,21,26). The number of aromatic nitrogens is 4. The quantitative estimate of drug-likeness (QED) is 0.416. The Labute approximate surface area is 183 Å². The van der Waals surface area contributed by atoms with Crippen LogP contribution in [0.3, 0.4) is 0 Å². The fourth-order valence-electron chi connectivity index (χ4n) is 3.03. The van der Waals surface area contributed by atoms with E-state index in [0.29, 0.717) is 22.1 Å². The van der Waals surface area contributed by atoms with Crippen molar-refractivity contribution in [2.45, 2.75) is 39.3 Å². The zero-order valence-electron chi connectivity index (χ0n) is 17.3. The molecule has 2 heterocycles. The number of para-hydroxylation sites is 1. The summed E-state index contributed by atoms with van der Waals surface area (Å²) >= 11 is 2.61. The van der Waals surface area contributed by atoms with E-state index in [1.807, 2.05) is 45.0 Å². The molecule has 0 aliphatic heterocycles. The minimum atomic E-state index is -0.412. The second kappa shape index (κ2) is 9.86. The molecule has 10 heteroatoms. The molecule has 0 saturated carbocycles. The number of thioether (sulfide) groups is 1. The zero-order chi connectivity index (χ0) is 21.7. The van der Waals surface area contributed by atoms with Crippen molar-refractivity contribution in [3.63, 3.8) is 0 Å². The van der Waals surface area contributed by atoms with E-state index >= 15 is 0 Å². The third kappa shape index (κ3) is 4.71. The number of rotatable bonds is 8. The Bertz CT molecular complexity index is 1060. The Morgan fingerprint density at radius 3 is 2.70 bits per heavy atom. The van der Waals surface area contributed by atoms with Crippen molar-refractivity contribution < 1.29 is 14.3 Å². The number of nitrogens with zero attached hydrogens (tertiary/aromatic N) is 4. The predicted molar refractivity (Wildman–Crippen MR) is 118 cm³/mol. The lowest BCUT2D eigenvalue weighted by Gasteiger charge is -2.09. The number of aryl methyl sites for hydroxylation is 2. The first-order valence-electron chi connectivity index (χ1n) is 9.52. The van der Waals surface area contributed by atoms with Crippen LogP contribution in [0.2, 0.25) is 0 Å². The van der Waals surface area contributed by atoms with Gasteiger partial charge in [-0.15, -0.1) is 16.4 Å². The van der Waals surface area contributed by atoms with Crippen LogP contribution in [-0.2, 0) is 16.0 Å². The summed E-state index contributed by atoms with van der Waals surface area (Å²) in [4.78, 5) is 26.0. The molecule has 0 spiro atoms. The number of ether oxygens (including phenoxy) is 1. The van der Waals surface area contributed by atoms with Crippen molar-refractivity contribution in [3.8, 4) is 5.69 Å². The van der Waals surface area contributed by atoms with Crippen LogP contribution in [0, 0.1) is 13.8 Å². The van der Waals surface area contributed by atoms with Gasteiger partial charge in [-0.05, 0) is 54.8 Å². The second-order valence-electron chi connectivity index (χ2n) is 6.41. The molecule has 0 bridgehead atoms. The van der Waals surface area contributed by atoms with Gasteiger partial charge in [0.15, 0.2) is 0 Å². The van der Waals surface area contributed by atoms with E-state index < -0.39 is 5.97 Å². The number of hydrogen-bond acceptors (Lipinski definition) is 8. The van der Waals surface area contributed by atoms with Crippen molar-refractivity contribution in [2.24, 2.45) is 0 Å². The fourth-order valence-corrected chi connectivity index (χ4v) is 4.86. The van der Waals surface area contributed by atoms with Gasteiger partial charge in [-0.3, -0.25) is 4.79 Å². The normalized spacial score (nSPS) is 10.8. The highest BCUT2D eigenvalue weighted by atomic mass is 32.2. The molecule has 8 nitrogen and oxygen atoms in total. The van der Waals surface area contributed by atoms with Gasteiger partial charge in [0.2, 0.25) is 11.1 Å². The number of nitrogens with one attached hydrogen (secondary N) is 1. The number of thiophene rings is 1. The summed E-state index contributed by atoms with van der Waals surface area (Å²) in [6, 6.07) is 7.74. The summed E-state index contributed by atoms with van der Waals surface area (Å²) in [5, 5.41) is 15.7. The number of carbonyl (C=O) groups is 2. The van der Waals surface area contributed by atoms with Crippen LogP contribution in [0.5, 0.6) is 0 Å². The van der Waals surface area contributed by atoms with E-state index in [4.69, 9.17) is 4.74 Å². The molecule has 0 radical (unpaired) electrons. The van der Waals surface area contributed by atoms with E-state index in [-0.39, 0.29) is 18.3 Å². The lowest BCUT2D eigenvalue weighted by atomic mass is 10.1. The van der Waals surface area contributed by atoms with Gasteiger partial charge in [0.05, 0.1) is 23.6 Å². The van der Waals surface area contributed by atoms with Crippen LogP contribution in [0.25, 0.3) is 5.69 Å². The van der Waals surface area contributed by atoms with Crippen LogP contribution < -0.4 is 5.32 Å². The fraction of sp³-hybridized carbons (Fsp3) is 0.350. The SMILES string of the molecule is CCOC(=O)c1c(NC(=O)CSc2nnnn2-c2ccccc2C)sc(C)c1CC. The van der Waals surface area contributed by atoms with E-state index in [1.165, 1.54) is 23.1 Å². The molecule has 1 aromatic carbocycles. The molecule has 0 aliphatic carbocycles. The minimum absolute atomic E-state index is 0.104. The lowest BCUT2D eigenvalue weighted by molar-refractivity contribution is -0.113. The van der Waals surface area contributed by atoms with Crippen LogP contribution in [0.4, 0.5) is 5.00 Å². The average molecular weight is 446 g/mol. The molecule has 2 aromatic heterocycles. The molecule has 30 heavy (non-hydrogen) atoms. The average Bonchev–Trinajstić information content (AvgIpc) is 3.30. The summed E-state index contributed by atoms with van der Waals surface area (Å²) in [6.07, 6.45) is 0.687. The van der Waals surface area contributed by atoms with Crippen molar-refractivity contribution >= 4 is 40.0 Å². The number of amides is 1. The lowest BCUT2D eigenvalue weighted by Crippen LogP contribution is -2.17. The van der Waals surface area contributed by atoms with Crippen molar-refractivity contribution in [2.75, 3.05) is 17.7 Å². The Morgan fingerprint density at radius 2 is 2.00 bits per heavy atom. The van der Waals surface area contributed by atoms with Crippen molar-refractivity contribution in [1.82, 2.24) is 20.2 Å². The summed E-state index contributed by atoms with van der Waals surface area (Å²) in [7, 11) is 0. The minimum Gasteiger partial charge on any atom is -0.462 e. The third-order valence-corrected chi connectivity index (χ3v) is 6.39. The molecule has 3 aromatic rings. The van der Waals surface area contributed by atoms with E-state index in [9.17, 15) is 9.59 Å². The summed E-state index contributed by atoms with van der Waals surface area (Å²) in [5.41, 5.74) is 3.24. The summed E-state index contributed by atoms with van der Waals surface area (Å²) in [6.45, 7) is 7.93. The third-order valence-electron chi connectivity index (χ3n) is 4.41. The molecule has 0 fully saturated rings. The van der Waals surface area contributed by atoms with Crippen LogP contribution >= 0.6 is 23.1 Å². The van der Waals surface area contributed by atoms with Gasteiger partial charge < -0.3 is 10.1 Å². The Balaban J connectivity index is 1.73. The molecule has 3 rings (SSSR count). The number of anilines is 1. The largest absolute Gasteiger partial charge is 0.462 e. The van der Waals surface area contributed by atoms with Crippen LogP contribution in [0.15, 0.2) is 29.4 Å². The molecule has 0 unspecified atom stereocenters. The number of hydrogen-bond donors (Lipinski definition) is 1. The van der Waals surface area contributed by atoms with Crippen molar-refractivity contribution in [1.29, 1.82) is 0 Å². The number of benzene rings is 1. The molecule has 0 atom stereocenters. The van der Waals surface area contributed by atoms with Gasteiger partial charge in [-0.25, -0.2) is 4.79 Å². The first-order chi connectivity index (χ1) is 14.5. The number of carbonyl (C=O) groups excluding carboxylic acids is 2. The van der Waals surface area contributed by atoms with Crippen LogP contribution in [0.1, 0.15) is 40.2 Å². The number of tetrazole rings is 1. The summed E-state index contributed by atoms with van der Waals surface area (Å²) < 4.78 is 6.80. The molecule has 1 amide bonds. The maximum absolute atomic E-state index is 12.6. The second-order valence-corrected chi connectivity index (χ2v) is 8.58. The smallest absolute Gasteiger partial charge is 0.341 e. The maximum Gasteiger partial charge on any atom is 0.341 e. The highest BCUT2D eigenvalue weighted by Crippen LogP contribution is 2.34. The van der Waals surface area contributed by atoms with E-state index in [0.717, 1.165) is 21.7 Å². The van der Waals surface area contributed by atoms with E-state index in [1.54, 1.807) is 11.6 Å². The first-order valence-corrected chi connectivity index (χ1v) is 11.3. The predicted octanol–water partition coefficient (Wildman–Crippen LogP) is 3.81. The molecular formula is C20H23N5O3S2. The van der Waals surface area contributed by atoms with Crippen molar-refractivity contribution in [3.05, 3.63) is 45.8 Å². The molecule has 158 valence electrons. The molecule has 1 N–H and O–H groups in total. The Hall–Kier alpha value is -2.72. The Kier molecular flexibility index (Phi) is 7.22. The van der Waals surface area contributed by atoms with Gasteiger partial charge in [0, 0.05) is 4.88 Å². The highest BCUT2D eigenvalue weighted by molar-refractivity contribution is 7.99. The molecular weight excluding hydrogens is 422 g/mol. The maximum atomic E-state index is 12.6. The zero-order valence-corrected chi connectivity index (χ0v) is 18.9. The van der Waals surface area contributed by atoms with Gasteiger partial charge in [0.25, 0.3) is 0 Å². The summed E-state index contributed by atoms with van der Waals surface area (Å²) in [5.74, 6) is -0.550. The van der Waals surface area contributed by atoms with Gasteiger partial charge in [0.1, 0.15) is 5.00 Å².